The molecule has 2 N–H and O–H groups in total. The summed E-state index contributed by atoms with van der Waals surface area (Å²) in [5, 5.41) is 6.83. The van der Waals surface area contributed by atoms with Crippen LogP contribution < -0.4 is 10.9 Å². The van der Waals surface area contributed by atoms with Crippen LogP contribution in [-0.2, 0) is 12.6 Å². The van der Waals surface area contributed by atoms with Crippen molar-refractivity contribution in [3.8, 4) is 5.95 Å². The van der Waals surface area contributed by atoms with E-state index in [1.165, 1.54) is 10.7 Å². The quantitative estimate of drug-likeness (QED) is 0.680. The Morgan fingerprint density at radius 3 is 2.52 bits per heavy atom. The molecule has 3 rings (SSSR count). The second-order valence-corrected chi connectivity index (χ2v) is 6.42. The highest BCUT2D eigenvalue weighted by atomic mass is 19.4. The first-order valence-corrected chi connectivity index (χ1v) is 8.83. The minimum Gasteiger partial charge on any atom is -0.306 e. The molecule has 2 aromatic heterocycles. The molecule has 0 saturated carbocycles. The van der Waals surface area contributed by atoms with Crippen LogP contribution in [0.15, 0.2) is 41.2 Å². The number of carbonyl (C=O) groups excluding carboxylic acids is 1. The molecular weight excluding hydrogens is 387 g/mol. The summed E-state index contributed by atoms with van der Waals surface area (Å²) in [6.45, 7) is 3.65. The van der Waals surface area contributed by atoms with Crippen molar-refractivity contribution in [2.75, 3.05) is 5.32 Å². The smallest absolute Gasteiger partial charge is 0.306 e. The Hall–Kier alpha value is -3.43. The molecule has 1 aromatic carbocycles. The zero-order chi connectivity index (χ0) is 21.2. The standard InChI is InChI=1S/C19H18F3N5O2/c1-3-4-14-10-16(28)25-18(23-14)27-15(9-11(2)26-27)24-17(29)12-5-7-13(8-6-12)19(20,21)22/h5-10H,3-4H2,1-2H3,(H,24,29)(H,23,25,28). The molecule has 0 unspecified atom stereocenters. The lowest BCUT2D eigenvalue weighted by Gasteiger charge is -2.10. The van der Waals surface area contributed by atoms with Crippen LogP contribution in [0.2, 0.25) is 0 Å². The molecule has 0 bridgehead atoms. The molecule has 0 spiro atoms. The molecule has 152 valence electrons. The minimum atomic E-state index is -4.48. The maximum Gasteiger partial charge on any atom is 0.416 e. The molecule has 10 heteroatoms. The average Bonchev–Trinajstić information content (AvgIpc) is 3.01. The number of amides is 1. The molecule has 0 atom stereocenters. The summed E-state index contributed by atoms with van der Waals surface area (Å²) in [6, 6.07) is 6.81. The Labute approximate surface area is 163 Å². The van der Waals surface area contributed by atoms with E-state index in [-0.39, 0.29) is 22.9 Å². The molecule has 29 heavy (non-hydrogen) atoms. The summed E-state index contributed by atoms with van der Waals surface area (Å²) in [4.78, 5) is 31.3. The van der Waals surface area contributed by atoms with E-state index in [1.54, 1.807) is 13.0 Å². The van der Waals surface area contributed by atoms with Crippen LogP contribution in [-0.4, -0.2) is 25.7 Å². The summed E-state index contributed by atoms with van der Waals surface area (Å²) in [5.74, 6) is -0.257. The van der Waals surface area contributed by atoms with Crippen molar-refractivity contribution in [3.05, 3.63) is 69.3 Å². The van der Waals surface area contributed by atoms with Crippen LogP contribution >= 0.6 is 0 Å². The second-order valence-electron chi connectivity index (χ2n) is 6.42. The van der Waals surface area contributed by atoms with Gasteiger partial charge in [0.15, 0.2) is 0 Å². The van der Waals surface area contributed by atoms with E-state index in [9.17, 15) is 22.8 Å². The van der Waals surface area contributed by atoms with Crippen molar-refractivity contribution in [1.82, 2.24) is 19.7 Å². The van der Waals surface area contributed by atoms with Gasteiger partial charge in [-0.2, -0.15) is 23.0 Å². The number of hydrogen-bond donors (Lipinski definition) is 2. The van der Waals surface area contributed by atoms with Gasteiger partial charge < -0.3 is 5.32 Å². The summed E-state index contributed by atoms with van der Waals surface area (Å²) >= 11 is 0. The van der Waals surface area contributed by atoms with Crippen molar-refractivity contribution in [3.63, 3.8) is 0 Å². The first-order valence-electron chi connectivity index (χ1n) is 8.83. The van der Waals surface area contributed by atoms with Gasteiger partial charge in [-0.3, -0.25) is 14.6 Å². The van der Waals surface area contributed by atoms with Gasteiger partial charge in [0.2, 0.25) is 5.95 Å². The Morgan fingerprint density at radius 1 is 1.21 bits per heavy atom. The summed E-state index contributed by atoms with van der Waals surface area (Å²) in [6.07, 6.45) is -3.08. The number of anilines is 1. The van der Waals surface area contributed by atoms with E-state index in [0.717, 1.165) is 30.7 Å². The summed E-state index contributed by atoms with van der Waals surface area (Å²) in [7, 11) is 0. The van der Waals surface area contributed by atoms with Gasteiger partial charge >= 0.3 is 6.18 Å². The summed E-state index contributed by atoms with van der Waals surface area (Å²) < 4.78 is 39.3. The number of halogens is 3. The van der Waals surface area contributed by atoms with Gasteiger partial charge in [0.05, 0.1) is 11.3 Å². The molecule has 0 aliphatic rings. The highest BCUT2D eigenvalue weighted by Gasteiger charge is 2.30. The number of nitrogens with zero attached hydrogens (tertiary/aromatic N) is 3. The van der Waals surface area contributed by atoms with Crippen molar-refractivity contribution < 1.29 is 18.0 Å². The zero-order valence-corrected chi connectivity index (χ0v) is 15.7. The minimum absolute atomic E-state index is 0.0459. The van der Waals surface area contributed by atoms with E-state index in [2.05, 4.69) is 20.4 Å². The third kappa shape index (κ3) is 4.71. The molecule has 0 fully saturated rings. The number of H-pyrrole nitrogens is 1. The Bertz CT molecular complexity index is 1080. The molecule has 1 amide bonds. The molecular formula is C19H18F3N5O2. The maximum absolute atomic E-state index is 12.7. The van der Waals surface area contributed by atoms with Gasteiger partial charge in [-0.05, 0) is 37.6 Å². The van der Waals surface area contributed by atoms with E-state index in [1.807, 2.05) is 6.92 Å². The van der Waals surface area contributed by atoms with E-state index < -0.39 is 17.6 Å². The lowest BCUT2D eigenvalue weighted by Crippen LogP contribution is -2.19. The van der Waals surface area contributed by atoms with E-state index in [0.29, 0.717) is 17.8 Å². The molecule has 0 aliphatic carbocycles. The number of hydrogen-bond acceptors (Lipinski definition) is 4. The van der Waals surface area contributed by atoms with Crippen LogP contribution in [0, 0.1) is 6.92 Å². The first kappa shape index (κ1) is 20.3. The SMILES string of the molecule is CCCc1cc(=O)[nH]c(-n2nc(C)cc2NC(=O)c2ccc(C(F)(F)F)cc2)n1. The van der Waals surface area contributed by atoms with Crippen LogP contribution in [0.25, 0.3) is 5.95 Å². The van der Waals surface area contributed by atoms with Gasteiger partial charge in [0.1, 0.15) is 5.82 Å². The number of nitrogens with one attached hydrogen (secondary N) is 2. The second kappa shape index (κ2) is 7.90. The van der Waals surface area contributed by atoms with Crippen LogP contribution in [0.5, 0.6) is 0 Å². The third-order valence-corrected chi connectivity index (χ3v) is 4.04. The number of aromatic nitrogens is 4. The number of aryl methyl sites for hydroxylation is 2. The number of alkyl halides is 3. The number of aromatic amines is 1. The predicted octanol–water partition coefficient (Wildman–Crippen LogP) is 3.49. The van der Waals surface area contributed by atoms with Gasteiger partial charge in [-0.15, -0.1) is 0 Å². The van der Waals surface area contributed by atoms with Crippen LogP contribution in [0.4, 0.5) is 19.0 Å². The molecule has 3 aromatic rings. The fraction of sp³-hybridized carbons (Fsp3) is 0.263. The normalized spacial score (nSPS) is 11.5. The van der Waals surface area contributed by atoms with E-state index in [4.69, 9.17) is 0 Å². The molecule has 7 nitrogen and oxygen atoms in total. The Balaban J connectivity index is 1.90. The number of benzene rings is 1. The van der Waals surface area contributed by atoms with Gasteiger partial charge in [-0.1, -0.05) is 13.3 Å². The monoisotopic (exact) mass is 405 g/mol. The fourth-order valence-electron chi connectivity index (χ4n) is 2.73. The highest BCUT2D eigenvalue weighted by Crippen LogP contribution is 2.29. The van der Waals surface area contributed by atoms with Crippen LogP contribution in [0.1, 0.15) is 40.7 Å². The van der Waals surface area contributed by atoms with Crippen molar-refractivity contribution in [2.45, 2.75) is 32.9 Å². The van der Waals surface area contributed by atoms with Crippen LogP contribution in [0.3, 0.4) is 0 Å². The number of rotatable bonds is 5. The average molecular weight is 405 g/mol. The third-order valence-electron chi connectivity index (χ3n) is 4.04. The molecule has 0 saturated heterocycles. The van der Waals surface area contributed by atoms with Gasteiger partial charge in [0.25, 0.3) is 11.5 Å². The zero-order valence-electron chi connectivity index (χ0n) is 15.7. The summed E-state index contributed by atoms with van der Waals surface area (Å²) in [5.41, 5.74) is -0.0173. The largest absolute Gasteiger partial charge is 0.416 e. The van der Waals surface area contributed by atoms with Crippen molar-refractivity contribution in [2.24, 2.45) is 0 Å². The fourth-order valence-corrected chi connectivity index (χ4v) is 2.73. The van der Waals surface area contributed by atoms with Crippen molar-refractivity contribution >= 4 is 11.7 Å². The van der Waals surface area contributed by atoms with Crippen molar-refractivity contribution in [1.29, 1.82) is 0 Å². The topological polar surface area (TPSA) is 92.7 Å². The van der Waals surface area contributed by atoms with Gasteiger partial charge in [-0.25, -0.2) is 4.98 Å². The predicted molar refractivity (Wildman–Crippen MR) is 100 cm³/mol. The lowest BCUT2D eigenvalue weighted by molar-refractivity contribution is -0.137. The highest BCUT2D eigenvalue weighted by molar-refractivity contribution is 6.04. The molecule has 0 radical (unpaired) electrons. The Kier molecular flexibility index (Phi) is 5.53. The maximum atomic E-state index is 12.7. The Morgan fingerprint density at radius 2 is 1.90 bits per heavy atom. The van der Waals surface area contributed by atoms with E-state index >= 15 is 0 Å². The van der Waals surface area contributed by atoms with Gasteiger partial charge in [0, 0.05) is 23.4 Å². The first-order chi connectivity index (χ1) is 13.7. The molecule has 0 aliphatic heterocycles. The lowest BCUT2D eigenvalue weighted by atomic mass is 10.1. The molecule has 2 heterocycles. The number of carbonyl (C=O) groups is 1.